The van der Waals surface area contributed by atoms with Crippen LogP contribution >= 0.6 is 0 Å². The van der Waals surface area contributed by atoms with Crippen molar-refractivity contribution in [1.29, 1.82) is 0 Å². The molecule has 0 heterocycles. The topological polar surface area (TPSA) is 75.6 Å². The molecule has 22 heavy (non-hydrogen) atoms. The van der Waals surface area contributed by atoms with E-state index in [1.807, 2.05) is 5.32 Å². The van der Waals surface area contributed by atoms with E-state index in [0.717, 1.165) is 6.07 Å². The minimum atomic E-state index is -3.79. The number of hydrogen-bond donors (Lipinski definition) is 2. The molecule has 0 bridgehead atoms. The van der Waals surface area contributed by atoms with Crippen LogP contribution in [0.25, 0.3) is 0 Å². The van der Waals surface area contributed by atoms with Crippen LogP contribution in [0.4, 0.5) is 8.78 Å². The summed E-state index contributed by atoms with van der Waals surface area (Å²) in [5.41, 5.74) is -1.62. The number of aliphatic carboxylic acids is 1. The summed E-state index contributed by atoms with van der Waals surface area (Å²) in [6.45, 7) is 1.54. The molecule has 0 aromatic heterocycles. The third-order valence-electron chi connectivity index (χ3n) is 3.70. The Balaban J connectivity index is 2.12. The van der Waals surface area contributed by atoms with Gasteiger partial charge in [0.05, 0.1) is 17.6 Å². The van der Waals surface area contributed by atoms with Gasteiger partial charge in [0.2, 0.25) is 0 Å². The van der Waals surface area contributed by atoms with Gasteiger partial charge in [0.1, 0.15) is 5.75 Å². The number of benzene rings is 1. The van der Waals surface area contributed by atoms with Crippen molar-refractivity contribution in [3.05, 3.63) is 29.8 Å². The van der Waals surface area contributed by atoms with Crippen LogP contribution in [-0.4, -0.2) is 30.1 Å². The summed E-state index contributed by atoms with van der Waals surface area (Å²) in [6, 6.07) is 5.40. The third-order valence-corrected chi connectivity index (χ3v) is 3.70. The molecule has 0 radical (unpaired) electrons. The van der Waals surface area contributed by atoms with Crippen LogP contribution in [0.2, 0.25) is 0 Å². The van der Waals surface area contributed by atoms with Crippen molar-refractivity contribution < 1.29 is 28.2 Å². The number of ether oxygens (including phenoxy) is 1. The monoisotopic (exact) mass is 313 g/mol. The maximum Gasteiger partial charge on any atom is 0.353 e. The van der Waals surface area contributed by atoms with Gasteiger partial charge in [-0.25, -0.2) is 0 Å². The molecule has 5 nitrogen and oxygen atoms in total. The summed E-state index contributed by atoms with van der Waals surface area (Å²) in [5.74, 6) is -6.46. The maximum absolute atomic E-state index is 14.3. The molecule has 120 valence electrons. The molecule has 1 amide bonds. The van der Waals surface area contributed by atoms with Crippen LogP contribution < -0.4 is 10.1 Å². The van der Waals surface area contributed by atoms with Crippen LogP contribution in [0, 0.1) is 5.41 Å². The van der Waals surface area contributed by atoms with E-state index in [0.29, 0.717) is 12.8 Å². The highest BCUT2D eigenvalue weighted by Crippen LogP contribution is 2.45. The summed E-state index contributed by atoms with van der Waals surface area (Å²) in [7, 11) is 0. The van der Waals surface area contributed by atoms with Gasteiger partial charge in [-0.15, -0.1) is 0 Å². The second kappa shape index (κ2) is 5.90. The predicted molar refractivity (Wildman–Crippen MR) is 73.8 cm³/mol. The molecule has 0 spiro atoms. The van der Waals surface area contributed by atoms with Crippen molar-refractivity contribution in [2.24, 2.45) is 5.41 Å². The van der Waals surface area contributed by atoms with E-state index in [9.17, 15) is 18.4 Å². The number of nitrogens with one attached hydrogen (secondary N) is 1. The molecule has 1 aliphatic rings. The zero-order valence-corrected chi connectivity index (χ0v) is 12.1. The number of para-hydroxylation sites is 1. The highest BCUT2D eigenvalue weighted by atomic mass is 19.3. The highest BCUT2D eigenvalue weighted by Gasteiger charge is 2.52. The first-order valence-corrected chi connectivity index (χ1v) is 6.95. The van der Waals surface area contributed by atoms with E-state index in [2.05, 4.69) is 0 Å². The standard InChI is InChI=1S/C15H17F2NO4/c1-2-22-11-6-4-3-5-10(11)15(16,17)12(19)18-9-14(7-8-14)13(20)21/h3-6H,2,7-9H2,1H3,(H,18,19)(H,20,21). The van der Waals surface area contributed by atoms with Crippen molar-refractivity contribution in [1.82, 2.24) is 5.32 Å². The lowest BCUT2D eigenvalue weighted by Gasteiger charge is -2.20. The number of hydrogen-bond acceptors (Lipinski definition) is 3. The first kappa shape index (κ1) is 16.2. The first-order valence-electron chi connectivity index (χ1n) is 6.95. The molecule has 2 rings (SSSR count). The van der Waals surface area contributed by atoms with Crippen molar-refractivity contribution in [3.8, 4) is 5.75 Å². The molecule has 1 fully saturated rings. The summed E-state index contributed by atoms with van der Waals surface area (Å²) in [4.78, 5) is 22.8. The van der Waals surface area contributed by atoms with Crippen molar-refractivity contribution >= 4 is 11.9 Å². The molecular formula is C15H17F2NO4. The van der Waals surface area contributed by atoms with Gasteiger partial charge in [-0.3, -0.25) is 9.59 Å². The summed E-state index contributed by atoms with van der Waals surface area (Å²) < 4.78 is 33.7. The number of halogens is 2. The second-order valence-corrected chi connectivity index (χ2v) is 5.27. The number of alkyl halides is 2. The fraction of sp³-hybridized carbons (Fsp3) is 0.467. The number of amides is 1. The first-order chi connectivity index (χ1) is 10.3. The van der Waals surface area contributed by atoms with Gasteiger partial charge in [0.15, 0.2) is 0 Å². The lowest BCUT2D eigenvalue weighted by atomic mass is 10.0. The lowest BCUT2D eigenvalue weighted by Crippen LogP contribution is -2.42. The fourth-order valence-electron chi connectivity index (χ4n) is 2.11. The molecule has 1 aliphatic carbocycles. The van der Waals surface area contributed by atoms with Gasteiger partial charge in [0, 0.05) is 6.54 Å². The summed E-state index contributed by atoms with van der Waals surface area (Å²) >= 11 is 0. The van der Waals surface area contributed by atoms with Gasteiger partial charge in [-0.1, -0.05) is 12.1 Å². The molecule has 0 atom stereocenters. The highest BCUT2D eigenvalue weighted by molar-refractivity contribution is 5.86. The molecule has 2 N–H and O–H groups in total. The van der Waals surface area contributed by atoms with Crippen LogP contribution in [0.1, 0.15) is 25.3 Å². The number of carboxylic acids is 1. The predicted octanol–water partition coefficient (Wildman–Crippen LogP) is 2.16. The van der Waals surface area contributed by atoms with E-state index >= 15 is 0 Å². The van der Waals surface area contributed by atoms with E-state index in [1.54, 1.807) is 6.92 Å². The minimum Gasteiger partial charge on any atom is -0.493 e. The molecule has 0 unspecified atom stereocenters. The quantitative estimate of drug-likeness (QED) is 0.809. The Morgan fingerprint density at radius 1 is 1.36 bits per heavy atom. The second-order valence-electron chi connectivity index (χ2n) is 5.27. The molecule has 1 aromatic rings. The van der Waals surface area contributed by atoms with Gasteiger partial charge in [0.25, 0.3) is 5.91 Å². The number of carboxylic acid groups (broad SMARTS) is 1. The van der Waals surface area contributed by atoms with Crippen molar-refractivity contribution in [2.75, 3.05) is 13.2 Å². The SMILES string of the molecule is CCOc1ccccc1C(F)(F)C(=O)NCC1(C(=O)O)CC1. The van der Waals surface area contributed by atoms with Gasteiger partial charge >= 0.3 is 11.9 Å². The van der Waals surface area contributed by atoms with Crippen molar-refractivity contribution in [2.45, 2.75) is 25.7 Å². The number of carbonyl (C=O) groups excluding carboxylic acids is 1. The molecule has 1 aromatic carbocycles. The summed E-state index contributed by atoms with van der Waals surface area (Å²) in [6.07, 6.45) is 0.757. The van der Waals surface area contributed by atoms with Crippen molar-refractivity contribution in [3.63, 3.8) is 0 Å². The Kier molecular flexibility index (Phi) is 4.35. The third kappa shape index (κ3) is 3.03. The Hall–Kier alpha value is -2.18. The molecule has 0 aliphatic heterocycles. The molecule has 7 heteroatoms. The Labute approximate surface area is 126 Å². The normalized spacial score (nSPS) is 16.0. The van der Waals surface area contributed by atoms with E-state index in [1.165, 1.54) is 18.2 Å². The Morgan fingerprint density at radius 3 is 2.55 bits per heavy atom. The van der Waals surface area contributed by atoms with Gasteiger partial charge < -0.3 is 15.2 Å². The lowest BCUT2D eigenvalue weighted by molar-refractivity contribution is -0.149. The van der Waals surface area contributed by atoms with E-state index in [-0.39, 0.29) is 18.9 Å². The largest absolute Gasteiger partial charge is 0.493 e. The van der Waals surface area contributed by atoms with E-state index in [4.69, 9.17) is 9.84 Å². The zero-order chi connectivity index (χ0) is 16.4. The molecule has 0 saturated heterocycles. The number of carbonyl (C=O) groups is 2. The number of rotatable bonds is 7. The van der Waals surface area contributed by atoms with E-state index < -0.39 is 28.8 Å². The molecular weight excluding hydrogens is 296 g/mol. The fourth-order valence-corrected chi connectivity index (χ4v) is 2.11. The summed E-state index contributed by atoms with van der Waals surface area (Å²) in [5, 5.41) is 11.0. The maximum atomic E-state index is 14.3. The smallest absolute Gasteiger partial charge is 0.353 e. The average molecular weight is 313 g/mol. The zero-order valence-electron chi connectivity index (χ0n) is 12.1. The van der Waals surface area contributed by atoms with Gasteiger partial charge in [-0.2, -0.15) is 8.78 Å². The van der Waals surface area contributed by atoms with Gasteiger partial charge in [-0.05, 0) is 31.9 Å². The molecule has 1 saturated carbocycles. The average Bonchev–Trinajstić information content (AvgIpc) is 3.26. The van der Waals surface area contributed by atoms with Crippen LogP contribution in [0.15, 0.2) is 24.3 Å². The van der Waals surface area contributed by atoms with Crippen LogP contribution in [0.3, 0.4) is 0 Å². The Bertz CT molecular complexity index is 585. The minimum absolute atomic E-state index is 0.0653. The Morgan fingerprint density at radius 2 is 2.00 bits per heavy atom. The van der Waals surface area contributed by atoms with Crippen LogP contribution in [0.5, 0.6) is 5.75 Å². The van der Waals surface area contributed by atoms with Crippen LogP contribution in [-0.2, 0) is 15.5 Å².